The Morgan fingerprint density at radius 3 is 2.07 bits per heavy atom. The number of ether oxygens (including phenoxy) is 1. The summed E-state index contributed by atoms with van der Waals surface area (Å²) in [6, 6.07) is 16.1. The standard InChI is InChI=1S/C21H23NO4S/c1-21(2,3)27-18(19(23)24)22-20(25)26-12-17-15-10-6-4-8-13(15)14-9-5-7-11-16(14)17/h4-11,17-18H,12H2,1-3H3,(H,22,25)(H,23,24). The van der Waals surface area contributed by atoms with Crippen LogP contribution in [0, 0.1) is 0 Å². The van der Waals surface area contributed by atoms with Crippen molar-refractivity contribution in [1.29, 1.82) is 0 Å². The van der Waals surface area contributed by atoms with E-state index in [0.29, 0.717) is 0 Å². The average molecular weight is 385 g/mol. The third kappa shape index (κ3) is 4.45. The van der Waals surface area contributed by atoms with Gasteiger partial charge in [-0.1, -0.05) is 69.3 Å². The van der Waals surface area contributed by atoms with Crippen LogP contribution in [0.1, 0.15) is 37.8 Å². The Hall–Kier alpha value is -2.47. The first kappa shape index (κ1) is 19.3. The second-order valence-electron chi connectivity index (χ2n) is 7.42. The topological polar surface area (TPSA) is 75.6 Å². The highest BCUT2D eigenvalue weighted by Crippen LogP contribution is 2.44. The number of carbonyl (C=O) groups excluding carboxylic acids is 1. The van der Waals surface area contributed by atoms with Crippen molar-refractivity contribution in [3.63, 3.8) is 0 Å². The molecule has 142 valence electrons. The number of thioether (sulfide) groups is 1. The summed E-state index contributed by atoms with van der Waals surface area (Å²) in [6.07, 6.45) is -0.721. The molecule has 27 heavy (non-hydrogen) atoms. The van der Waals surface area contributed by atoms with E-state index in [1.165, 1.54) is 0 Å². The molecule has 0 spiro atoms. The summed E-state index contributed by atoms with van der Waals surface area (Å²) in [7, 11) is 0. The third-order valence-corrected chi connectivity index (χ3v) is 5.55. The largest absolute Gasteiger partial charge is 0.479 e. The van der Waals surface area contributed by atoms with Gasteiger partial charge in [-0.05, 0) is 22.3 Å². The number of benzene rings is 2. The molecule has 0 bridgehead atoms. The number of fused-ring (bicyclic) bond motifs is 3. The maximum absolute atomic E-state index is 12.2. The van der Waals surface area contributed by atoms with Crippen LogP contribution in [-0.4, -0.2) is 33.9 Å². The molecule has 0 aromatic heterocycles. The first-order chi connectivity index (χ1) is 12.8. The molecule has 0 saturated carbocycles. The zero-order valence-corrected chi connectivity index (χ0v) is 16.4. The zero-order chi connectivity index (χ0) is 19.6. The minimum atomic E-state index is -1.09. The molecule has 3 rings (SSSR count). The number of alkyl carbamates (subject to hydrolysis) is 1. The van der Waals surface area contributed by atoms with Gasteiger partial charge in [0.05, 0.1) is 0 Å². The fourth-order valence-corrected chi connectivity index (χ4v) is 4.21. The summed E-state index contributed by atoms with van der Waals surface area (Å²) >= 11 is 1.16. The van der Waals surface area contributed by atoms with Gasteiger partial charge in [0, 0.05) is 10.7 Å². The van der Waals surface area contributed by atoms with E-state index >= 15 is 0 Å². The molecule has 2 aromatic carbocycles. The van der Waals surface area contributed by atoms with Gasteiger partial charge in [0.25, 0.3) is 0 Å². The highest BCUT2D eigenvalue weighted by Gasteiger charge is 2.31. The Morgan fingerprint density at radius 2 is 1.59 bits per heavy atom. The van der Waals surface area contributed by atoms with Crippen LogP contribution >= 0.6 is 11.8 Å². The van der Waals surface area contributed by atoms with Crippen LogP contribution in [0.2, 0.25) is 0 Å². The van der Waals surface area contributed by atoms with Crippen molar-refractivity contribution >= 4 is 23.8 Å². The lowest BCUT2D eigenvalue weighted by molar-refractivity contribution is -0.136. The maximum Gasteiger partial charge on any atom is 0.408 e. The van der Waals surface area contributed by atoms with Crippen molar-refractivity contribution in [1.82, 2.24) is 5.32 Å². The normalized spacial score (nSPS) is 14.2. The molecule has 1 unspecified atom stereocenters. The lowest BCUT2D eigenvalue weighted by Crippen LogP contribution is -2.41. The molecular weight excluding hydrogens is 362 g/mol. The molecule has 0 saturated heterocycles. The number of nitrogens with one attached hydrogen (secondary N) is 1. The van der Waals surface area contributed by atoms with Gasteiger partial charge in [-0.3, -0.25) is 5.32 Å². The molecule has 1 amide bonds. The molecule has 1 atom stereocenters. The number of carbonyl (C=O) groups is 2. The fourth-order valence-electron chi connectivity index (χ4n) is 3.24. The molecule has 2 N–H and O–H groups in total. The summed E-state index contributed by atoms with van der Waals surface area (Å²) in [6.45, 7) is 5.85. The summed E-state index contributed by atoms with van der Waals surface area (Å²) in [5.74, 6) is -1.15. The van der Waals surface area contributed by atoms with Gasteiger partial charge in [0.15, 0.2) is 5.37 Å². The van der Waals surface area contributed by atoms with Gasteiger partial charge in [-0.15, -0.1) is 11.8 Å². The van der Waals surface area contributed by atoms with Gasteiger partial charge in [0.2, 0.25) is 0 Å². The summed E-state index contributed by atoms with van der Waals surface area (Å²) in [4.78, 5) is 23.6. The van der Waals surface area contributed by atoms with Gasteiger partial charge >= 0.3 is 12.1 Å². The number of carboxylic acids is 1. The summed E-state index contributed by atoms with van der Waals surface area (Å²) in [5, 5.41) is 10.7. The van der Waals surface area contributed by atoms with E-state index in [2.05, 4.69) is 17.4 Å². The second-order valence-corrected chi connectivity index (χ2v) is 9.35. The molecule has 1 aliphatic rings. The fraction of sp³-hybridized carbons (Fsp3) is 0.333. The first-order valence-corrected chi connectivity index (χ1v) is 9.66. The minimum absolute atomic E-state index is 0.0540. The number of hydrogen-bond acceptors (Lipinski definition) is 4. The average Bonchev–Trinajstić information content (AvgIpc) is 2.92. The van der Waals surface area contributed by atoms with Crippen LogP contribution in [0.3, 0.4) is 0 Å². The molecule has 0 radical (unpaired) electrons. The van der Waals surface area contributed by atoms with E-state index in [1.54, 1.807) is 0 Å². The van der Waals surface area contributed by atoms with E-state index in [9.17, 15) is 14.7 Å². The van der Waals surface area contributed by atoms with Crippen LogP contribution in [0.4, 0.5) is 4.79 Å². The van der Waals surface area contributed by atoms with E-state index in [4.69, 9.17) is 4.74 Å². The SMILES string of the molecule is CC(C)(C)SC(NC(=O)OCC1c2ccccc2-c2ccccc21)C(=O)O. The molecule has 6 heteroatoms. The number of aliphatic carboxylic acids is 1. The Morgan fingerprint density at radius 1 is 1.07 bits per heavy atom. The zero-order valence-electron chi connectivity index (χ0n) is 15.6. The lowest BCUT2D eigenvalue weighted by atomic mass is 9.98. The summed E-state index contributed by atoms with van der Waals surface area (Å²) < 4.78 is 5.10. The molecule has 0 fully saturated rings. The lowest BCUT2D eigenvalue weighted by Gasteiger charge is -2.23. The molecular formula is C21H23NO4S. The van der Waals surface area contributed by atoms with Gasteiger partial charge in [-0.25, -0.2) is 9.59 Å². The van der Waals surface area contributed by atoms with E-state index in [-0.39, 0.29) is 17.3 Å². The predicted molar refractivity (Wildman–Crippen MR) is 107 cm³/mol. The first-order valence-electron chi connectivity index (χ1n) is 8.78. The highest BCUT2D eigenvalue weighted by atomic mass is 32.2. The predicted octanol–water partition coefficient (Wildman–Crippen LogP) is 4.47. The quantitative estimate of drug-likeness (QED) is 0.743. The van der Waals surface area contributed by atoms with Gasteiger partial charge in [0.1, 0.15) is 6.61 Å². The van der Waals surface area contributed by atoms with Crippen LogP contribution in [0.25, 0.3) is 11.1 Å². The molecule has 1 aliphatic carbocycles. The Kier molecular flexibility index (Phi) is 5.46. The molecule has 0 aliphatic heterocycles. The number of rotatable bonds is 5. The smallest absolute Gasteiger partial charge is 0.408 e. The highest BCUT2D eigenvalue weighted by molar-refractivity contribution is 8.01. The monoisotopic (exact) mass is 385 g/mol. The van der Waals surface area contributed by atoms with Crippen molar-refractivity contribution in [2.45, 2.75) is 36.8 Å². The van der Waals surface area contributed by atoms with Crippen molar-refractivity contribution in [3.05, 3.63) is 59.7 Å². The Labute approximate surface area is 163 Å². The number of carboxylic acid groups (broad SMARTS) is 1. The Bertz CT molecular complexity index is 814. The maximum atomic E-state index is 12.2. The summed E-state index contributed by atoms with van der Waals surface area (Å²) in [5.41, 5.74) is 4.53. The van der Waals surface area contributed by atoms with Crippen LogP contribution in [0.15, 0.2) is 48.5 Å². The van der Waals surface area contributed by atoms with Gasteiger partial charge < -0.3 is 9.84 Å². The molecule has 5 nitrogen and oxygen atoms in total. The van der Waals surface area contributed by atoms with Crippen LogP contribution in [0.5, 0.6) is 0 Å². The van der Waals surface area contributed by atoms with Crippen LogP contribution < -0.4 is 5.32 Å². The van der Waals surface area contributed by atoms with E-state index < -0.39 is 17.4 Å². The van der Waals surface area contributed by atoms with Gasteiger partial charge in [-0.2, -0.15) is 0 Å². The van der Waals surface area contributed by atoms with E-state index in [1.807, 2.05) is 57.2 Å². The van der Waals surface area contributed by atoms with Crippen molar-refractivity contribution in [3.8, 4) is 11.1 Å². The second kappa shape index (κ2) is 7.64. The third-order valence-electron chi connectivity index (χ3n) is 4.29. The van der Waals surface area contributed by atoms with Crippen molar-refractivity contribution in [2.75, 3.05) is 6.61 Å². The Balaban J connectivity index is 1.69. The van der Waals surface area contributed by atoms with Crippen molar-refractivity contribution in [2.24, 2.45) is 0 Å². The number of hydrogen-bond donors (Lipinski definition) is 2. The van der Waals surface area contributed by atoms with Crippen molar-refractivity contribution < 1.29 is 19.4 Å². The van der Waals surface area contributed by atoms with Crippen LogP contribution in [-0.2, 0) is 9.53 Å². The van der Waals surface area contributed by atoms with E-state index in [0.717, 1.165) is 34.0 Å². The number of amides is 1. The minimum Gasteiger partial charge on any atom is -0.479 e. The molecule has 2 aromatic rings. The molecule has 0 heterocycles.